The van der Waals surface area contributed by atoms with Gasteiger partial charge in [0, 0.05) is 24.7 Å². The summed E-state index contributed by atoms with van der Waals surface area (Å²) in [5.74, 6) is -1.17. The third-order valence-corrected chi connectivity index (χ3v) is 4.26. The fourth-order valence-electron chi connectivity index (χ4n) is 2.87. The first-order valence-corrected chi connectivity index (χ1v) is 10.0. The number of anilines is 1. The molecule has 0 bridgehead atoms. The molecule has 0 aliphatic heterocycles. The molecule has 0 radical (unpaired) electrons. The minimum Gasteiger partial charge on any atom is -0.468 e. The second-order valence-electron chi connectivity index (χ2n) is 8.41. The van der Waals surface area contributed by atoms with Gasteiger partial charge in [-0.05, 0) is 52.3 Å². The molecule has 0 aliphatic carbocycles. The second-order valence-corrected chi connectivity index (χ2v) is 8.41. The van der Waals surface area contributed by atoms with Gasteiger partial charge in [-0.2, -0.15) is 26.3 Å². The van der Waals surface area contributed by atoms with Crippen LogP contribution >= 0.6 is 0 Å². The average molecular weight is 486 g/mol. The summed E-state index contributed by atoms with van der Waals surface area (Å²) in [7, 11) is 1.16. The van der Waals surface area contributed by atoms with E-state index in [4.69, 9.17) is 4.74 Å². The molecule has 2 atom stereocenters. The minimum absolute atomic E-state index is 0.0382. The quantitative estimate of drug-likeness (QED) is 0.387. The number of carbonyl (C=O) groups excluding carboxylic acids is 2. The van der Waals surface area contributed by atoms with Crippen molar-refractivity contribution in [1.82, 2.24) is 5.32 Å². The van der Waals surface area contributed by atoms with Crippen LogP contribution in [0.25, 0.3) is 0 Å². The molecular formula is C21H28F6N2O4. The lowest BCUT2D eigenvalue weighted by molar-refractivity contribution is -0.162. The molecule has 0 saturated heterocycles. The van der Waals surface area contributed by atoms with Gasteiger partial charge in [-0.1, -0.05) is 0 Å². The molecule has 0 heterocycles. The van der Waals surface area contributed by atoms with Crippen molar-refractivity contribution in [3.63, 3.8) is 0 Å². The summed E-state index contributed by atoms with van der Waals surface area (Å²) in [5, 5.41) is 5.51. The Morgan fingerprint density at radius 2 is 1.58 bits per heavy atom. The molecule has 0 fully saturated rings. The molecule has 1 aromatic rings. The molecule has 6 nitrogen and oxygen atoms in total. The van der Waals surface area contributed by atoms with Crippen LogP contribution in [-0.2, 0) is 31.4 Å². The molecule has 0 unspecified atom stereocenters. The number of esters is 2. The van der Waals surface area contributed by atoms with Crippen molar-refractivity contribution in [2.45, 2.75) is 70.6 Å². The van der Waals surface area contributed by atoms with Crippen molar-refractivity contribution in [3.8, 4) is 0 Å². The number of halogens is 6. The van der Waals surface area contributed by atoms with Gasteiger partial charge < -0.3 is 20.1 Å². The predicted molar refractivity (Wildman–Crippen MR) is 108 cm³/mol. The summed E-state index contributed by atoms with van der Waals surface area (Å²) in [4.78, 5) is 23.9. The van der Waals surface area contributed by atoms with E-state index in [9.17, 15) is 35.9 Å². The van der Waals surface area contributed by atoms with Gasteiger partial charge in [0.2, 0.25) is 0 Å². The van der Waals surface area contributed by atoms with Crippen molar-refractivity contribution in [2.24, 2.45) is 0 Å². The van der Waals surface area contributed by atoms with Crippen molar-refractivity contribution in [2.75, 3.05) is 19.0 Å². The molecule has 0 saturated carbocycles. The molecule has 0 aliphatic rings. The van der Waals surface area contributed by atoms with Gasteiger partial charge >= 0.3 is 24.3 Å². The maximum atomic E-state index is 13.1. The van der Waals surface area contributed by atoms with Crippen LogP contribution in [0.15, 0.2) is 18.2 Å². The number of methoxy groups -OCH3 is 1. The van der Waals surface area contributed by atoms with Crippen LogP contribution in [0.2, 0.25) is 0 Å². The van der Waals surface area contributed by atoms with E-state index >= 15 is 0 Å². The van der Waals surface area contributed by atoms with Gasteiger partial charge in [0.25, 0.3) is 0 Å². The molecule has 0 amide bonds. The summed E-state index contributed by atoms with van der Waals surface area (Å²) in [6.07, 6.45) is -10.4. The Morgan fingerprint density at radius 3 is 2.06 bits per heavy atom. The van der Waals surface area contributed by atoms with Gasteiger partial charge in [-0.15, -0.1) is 0 Å². The van der Waals surface area contributed by atoms with Crippen molar-refractivity contribution in [1.29, 1.82) is 0 Å². The Balaban J connectivity index is 2.82. The van der Waals surface area contributed by atoms with Gasteiger partial charge in [-0.25, -0.2) is 0 Å². The van der Waals surface area contributed by atoms with E-state index in [2.05, 4.69) is 15.4 Å². The maximum Gasteiger partial charge on any atom is 0.417 e. The van der Waals surface area contributed by atoms with Crippen LogP contribution in [0.4, 0.5) is 32.0 Å². The van der Waals surface area contributed by atoms with E-state index in [0.717, 1.165) is 13.2 Å². The Hall–Kier alpha value is -2.50. The zero-order valence-electron chi connectivity index (χ0n) is 18.9. The average Bonchev–Trinajstić information content (AvgIpc) is 2.64. The van der Waals surface area contributed by atoms with Gasteiger partial charge in [-0.3, -0.25) is 9.59 Å². The Morgan fingerprint density at radius 1 is 1.00 bits per heavy atom. The molecule has 0 spiro atoms. The van der Waals surface area contributed by atoms with Gasteiger partial charge in [0.15, 0.2) is 0 Å². The molecule has 2 N–H and O–H groups in total. The van der Waals surface area contributed by atoms with E-state index in [-0.39, 0.29) is 25.1 Å². The highest BCUT2D eigenvalue weighted by molar-refractivity contribution is 5.77. The molecular weight excluding hydrogens is 458 g/mol. The van der Waals surface area contributed by atoms with Crippen LogP contribution in [0, 0.1) is 0 Å². The van der Waals surface area contributed by atoms with Crippen LogP contribution in [-0.4, -0.2) is 43.3 Å². The number of hydrogen-bond acceptors (Lipinski definition) is 6. The number of ether oxygens (including phenoxy) is 2. The zero-order valence-corrected chi connectivity index (χ0v) is 18.9. The standard InChI is InChI=1S/C21H28F6N2O4/c1-12(11-28-16(18(31)32-5)8-9-17(30)33-19(2,3)4)29-13-6-7-14(20(22,23)24)15(10-13)21(25,26)27/h6-7,10,12,16,28-29H,8-9,11H2,1-5H3/t12-,16-/m0/s1. The van der Waals surface area contributed by atoms with Gasteiger partial charge in [0.05, 0.1) is 18.2 Å². The molecule has 12 heteroatoms. The number of carbonyl (C=O) groups is 2. The Labute approximate surface area is 188 Å². The van der Waals surface area contributed by atoms with Crippen molar-refractivity contribution < 1.29 is 45.4 Å². The van der Waals surface area contributed by atoms with E-state index in [0.29, 0.717) is 12.1 Å². The van der Waals surface area contributed by atoms with Crippen molar-refractivity contribution >= 4 is 17.6 Å². The zero-order chi connectivity index (χ0) is 25.6. The first kappa shape index (κ1) is 28.5. The fraction of sp³-hybridized carbons (Fsp3) is 0.619. The predicted octanol–water partition coefficient (Wildman–Crippen LogP) is 4.78. The van der Waals surface area contributed by atoms with E-state index in [1.807, 2.05) is 0 Å². The SMILES string of the molecule is COC(=O)[C@H](CCC(=O)OC(C)(C)C)NC[C@H](C)Nc1ccc(C(F)(F)F)c(C(F)(F)F)c1. The first-order chi connectivity index (χ1) is 14.9. The minimum atomic E-state index is -5.19. The van der Waals surface area contributed by atoms with Crippen LogP contribution in [0.5, 0.6) is 0 Å². The van der Waals surface area contributed by atoms with Crippen LogP contribution < -0.4 is 10.6 Å². The molecule has 33 heavy (non-hydrogen) atoms. The number of rotatable bonds is 9. The highest BCUT2D eigenvalue weighted by Gasteiger charge is 2.43. The number of alkyl halides is 6. The highest BCUT2D eigenvalue weighted by atomic mass is 19.4. The summed E-state index contributed by atoms with van der Waals surface area (Å²) in [6, 6.07) is 0.166. The van der Waals surface area contributed by atoms with Gasteiger partial charge in [0.1, 0.15) is 11.6 Å². The third-order valence-electron chi connectivity index (χ3n) is 4.26. The lowest BCUT2D eigenvalue weighted by Gasteiger charge is -2.23. The van der Waals surface area contributed by atoms with Crippen LogP contribution in [0.3, 0.4) is 0 Å². The molecule has 1 rings (SSSR count). The van der Waals surface area contributed by atoms with Crippen molar-refractivity contribution in [3.05, 3.63) is 29.3 Å². The smallest absolute Gasteiger partial charge is 0.417 e. The number of benzene rings is 1. The molecule has 0 aromatic heterocycles. The number of nitrogens with one attached hydrogen (secondary N) is 2. The number of hydrogen-bond donors (Lipinski definition) is 2. The lowest BCUT2D eigenvalue weighted by Crippen LogP contribution is -2.43. The normalized spacial score (nSPS) is 14.4. The fourth-order valence-corrected chi connectivity index (χ4v) is 2.87. The summed E-state index contributed by atoms with van der Waals surface area (Å²) >= 11 is 0. The first-order valence-electron chi connectivity index (χ1n) is 10.0. The lowest BCUT2D eigenvalue weighted by atomic mass is 10.1. The topological polar surface area (TPSA) is 76.7 Å². The van der Waals surface area contributed by atoms with E-state index < -0.39 is 53.1 Å². The molecule has 188 valence electrons. The van der Waals surface area contributed by atoms with E-state index in [1.54, 1.807) is 27.7 Å². The maximum absolute atomic E-state index is 13.1. The monoisotopic (exact) mass is 486 g/mol. The third kappa shape index (κ3) is 9.89. The summed E-state index contributed by atoms with van der Waals surface area (Å²) in [6.45, 7) is 6.68. The largest absolute Gasteiger partial charge is 0.468 e. The van der Waals surface area contributed by atoms with Crippen LogP contribution in [0.1, 0.15) is 51.7 Å². The van der Waals surface area contributed by atoms with E-state index in [1.165, 1.54) is 0 Å². The Bertz CT molecular complexity index is 818. The summed E-state index contributed by atoms with van der Waals surface area (Å²) in [5.41, 5.74) is -4.45. The summed E-state index contributed by atoms with van der Waals surface area (Å²) < 4.78 is 87.9. The second kappa shape index (κ2) is 11.1. The molecule has 1 aromatic carbocycles. The highest BCUT2D eigenvalue weighted by Crippen LogP contribution is 2.41. The Kier molecular flexibility index (Phi) is 9.58.